The van der Waals surface area contributed by atoms with Gasteiger partial charge in [0.05, 0.1) is 6.61 Å². The topological polar surface area (TPSA) is 41.5 Å². The second-order valence-electron chi connectivity index (χ2n) is 5.54. The fraction of sp³-hybridized carbons (Fsp3) is 0.412. The van der Waals surface area contributed by atoms with Crippen molar-refractivity contribution in [3.63, 3.8) is 0 Å². The Labute approximate surface area is 135 Å². The van der Waals surface area contributed by atoms with Crippen LogP contribution in [0.3, 0.4) is 0 Å². The van der Waals surface area contributed by atoms with Gasteiger partial charge in [0.15, 0.2) is 0 Å². The van der Waals surface area contributed by atoms with Gasteiger partial charge in [-0.05, 0) is 24.6 Å². The number of rotatable bonds is 5. The van der Waals surface area contributed by atoms with Crippen LogP contribution in [0.15, 0.2) is 36.7 Å². The molecule has 0 amide bonds. The second kappa shape index (κ2) is 7.37. The molecular formula is C17H21FN4O. The summed E-state index contributed by atoms with van der Waals surface area (Å²) in [6.45, 7) is 6.93. The van der Waals surface area contributed by atoms with Crippen LogP contribution < -0.4 is 9.64 Å². The van der Waals surface area contributed by atoms with Gasteiger partial charge < -0.3 is 9.64 Å². The van der Waals surface area contributed by atoms with Gasteiger partial charge in [-0.15, -0.1) is 0 Å². The molecule has 2 heterocycles. The van der Waals surface area contributed by atoms with E-state index in [2.05, 4.69) is 19.8 Å². The van der Waals surface area contributed by atoms with E-state index in [0.29, 0.717) is 12.5 Å². The molecule has 1 aromatic carbocycles. The van der Waals surface area contributed by atoms with Crippen molar-refractivity contribution in [3.05, 3.63) is 48.0 Å². The first kappa shape index (κ1) is 15.7. The summed E-state index contributed by atoms with van der Waals surface area (Å²) in [6.07, 6.45) is 1.54. The van der Waals surface area contributed by atoms with Gasteiger partial charge in [0.1, 0.15) is 18.0 Å². The molecule has 122 valence electrons. The maximum atomic E-state index is 13.3. The zero-order valence-corrected chi connectivity index (χ0v) is 13.3. The van der Waals surface area contributed by atoms with Gasteiger partial charge in [-0.2, -0.15) is 0 Å². The minimum absolute atomic E-state index is 0.175. The monoisotopic (exact) mass is 316 g/mol. The highest BCUT2D eigenvalue weighted by molar-refractivity contribution is 5.41. The summed E-state index contributed by atoms with van der Waals surface area (Å²) in [5, 5.41) is 0. The lowest BCUT2D eigenvalue weighted by Crippen LogP contribution is -2.46. The Morgan fingerprint density at radius 1 is 1.13 bits per heavy atom. The van der Waals surface area contributed by atoms with Crippen LogP contribution in [0.4, 0.5) is 10.2 Å². The lowest BCUT2D eigenvalue weighted by atomic mass is 10.2. The summed E-state index contributed by atoms with van der Waals surface area (Å²) in [5.41, 5.74) is 1.01. The Kier molecular flexibility index (Phi) is 5.02. The van der Waals surface area contributed by atoms with Crippen LogP contribution in [0, 0.1) is 5.82 Å². The number of piperazine rings is 1. The maximum absolute atomic E-state index is 13.3. The average Bonchev–Trinajstić information content (AvgIpc) is 2.56. The molecule has 3 rings (SSSR count). The first-order valence-corrected chi connectivity index (χ1v) is 7.91. The smallest absolute Gasteiger partial charge is 0.218 e. The number of hydrogen-bond acceptors (Lipinski definition) is 5. The molecule has 0 atom stereocenters. The quantitative estimate of drug-likeness (QED) is 0.847. The number of hydrogen-bond donors (Lipinski definition) is 0. The predicted molar refractivity (Wildman–Crippen MR) is 87.1 cm³/mol. The molecule has 0 bridgehead atoms. The molecule has 0 N–H and O–H groups in total. The zero-order valence-electron chi connectivity index (χ0n) is 13.3. The number of benzene rings is 1. The Hall–Kier alpha value is -2.21. The fourth-order valence-electron chi connectivity index (χ4n) is 2.76. The summed E-state index contributed by atoms with van der Waals surface area (Å²) < 4.78 is 18.7. The van der Waals surface area contributed by atoms with Gasteiger partial charge >= 0.3 is 0 Å². The average molecular weight is 316 g/mol. The lowest BCUT2D eigenvalue weighted by molar-refractivity contribution is 0.249. The SMILES string of the molecule is CCOc1cc(N2CCN(Cc3cccc(F)c3)CC2)ncn1. The first-order chi connectivity index (χ1) is 11.2. The highest BCUT2D eigenvalue weighted by Crippen LogP contribution is 2.18. The van der Waals surface area contributed by atoms with E-state index in [4.69, 9.17) is 4.74 Å². The van der Waals surface area contributed by atoms with Crippen LogP contribution in [0.25, 0.3) is 0 Å². The van der Waals surface area contributed by atoms with Crippen molar-refractivity contribution < 1.29 is 9.13 Å². The van der Waals surface area contributed by atoms with Crippen LogP contribution in [-0.2, 0) is 6.54 Å². The van der Waals surface area contributed by atoms with E-state index < -0.39 is 0 Å². The first-order valence-electron chi connectivity index (χ1n) is 7.91. The van der Waals surface area contributed by atoms with E-state index in [1.165, 1.54) is 6.07 Å². The van der Waals surface area contributed by atoms with E-state index >= 15 is 0 Å². The summed E-state index contributed by atoms with van der Waals surface area (Å²) in [5.74, 6) is 1.33. The van der Waals surface area contributed by atoms with Gasteiger partial charge in [-0.3, -0.25) is 4.90 Å². The van der Waals surface area contributed by atoms with Crippen molar-refractivity contribution in [2.24, 2.45) is 0 Å². The molecule has 23 heavy (non-hydrogen) atoms. The van der Waals surface area contributed by atoms with Gasteiger partial charge in [0.25, 0.3) is 0 Å². The Bertz CT molecular complexity index is 644. The van der Waals surface area contributed by atoms with Crippen molar-refractivity contribution in [1.29, 1.82) is 0 Å². The molecule has 0 radical (unpaired) electrons. The summed E-state index contributed by atoms with van der Waals surface area (Å²) in [6, 6.07) is 8.69. The predicted octanol–water partition coefficient (Wildman–Crippen LogP) is 2.34. The second-order valence-corrected chi connectivity index (χ2v) is 5.54. The van der Waals surface area contributed by atoms with Crippen LogP contribution in [-0.4, -0.2) is 47.7 Å². The molecule has 0 aliphatic carbocycles. The van der Waals surface area contributed by atoms with Crippen LogP contribution in [0.2, 0.25) is 0 Å². The normalized spacial score (nSPS) is 15.7. The van der Waals surface area contributed by atoms with E-state index in [1.54, 1.807) is 18.5 Å². The fourth-order valence-corrected chi connectivity index (χ4v) is 2.76. The van der Waals surface area contributed by atoms with Crippen LogP contribution in [0.1, 0.15) is 12.5 Å². The molecule has 1 saturated heterocycles. The Balaban J connectivity index is 1.57. The number of aromatic nitrogens is 2. The van der Waals surface area contributed by atoms with Crippen LogP contribution in [0.5, 0.6) is 5.88 Å². The molecule has 0 saturated carbocycles. The number of anilines is 1. The highest BCUT2D eigenvalue weighted by Gasteiger charge is 2.18. The Morgan fingerprint density at radius 3 is 2.70 bits per heavy atom. The number of ether oxygens (including phenoxy) is 1. The highest BCUT2D eigenvalue weighted by atomic mass is 19.1. The lowest BCUT2D eigenvalue weighted by Gasteiger charge is -2.35. The molecular weight excluding hydrogens is 295 g/mol. The molecule has 1 aromatic heterocycles. The third kappa shape index (κ3) is 4.16. The molecule has 6 heteroatoms. The largest absolute Gasteiger partial charge is 0.478 e. The van der Waals surface area contributed by atoms with Crippen molar-refractivity contribution in [3.8, 4) is 5.88 Å². The van der Waals surface area contributed by atoms with Gasteiger partial charge in [0, 0.05) is 38.8 Å². The minimum atomic E-state index is -0.175. The number of halogens is 1. The molecule has 0 spiro atoms. The molecule has 1 aliphatic rings. The molecule has 5 nitrogen and oxygen atoms in total. The standard InChI is InChI=1S/C17H21FN4O/c1-2-23-17-11-16(19-13-20-17)22-8-6-21(7-9-22)12-14-4-3-5-15(18)10-14/h3-5,10-11,13H,2,6-9,12H2,1H3. The summed E-state index contributed by atoms with van der Waals surface area (Å²) in [7, 11) is 0. The van der Waals surface area contributed by atoms with Crippen molar-refractivity contribution >= 4 is 5.82 Å². The van der Waals surface area contributed by atoms with E-state index in [9.17, 15) is 4.39 Å². The summed E-state index contributed by atoms with van der Waals surface area (Å²) >= 11 is 0. The molecule has 1 aliphatic heterocycles. The number of nitrogens with zero attached hydrogens (tertiary/aromatic N) is 4. The van der Waals surface area contributed by atoms with E-state index in [1.807, 2.05) is 19.1 Å². The van der Waals surface area contributed by atoms with Crippen molar-refractivity contribution in [2.45, 2.75) is 13.5 Å². The third-order valence-corrected chi connectivity index (χ3v) is 3.91. The van der Waals surface area contributed by atoms with E-state index in [0.717, 1.165) is 44.1 Å². The molecule has 1 fully saturated rings. The van der Waals surface area contributed by atoms with Crippen molar-refractivity contribution in [1.82, 2.24) is 14.9 Å². The van der Waals surface area contributed by atoms with Crippen molar-refractivity contribution in [2.75, 3.05) is 37.7 Å². The molecule has 2 aromatic rings. The minimum Gasteiger partial charge on any atom is -0.478 e. The van der Waals surface area contributed by atoms with Crippen LogP contribution >= 0.6 is 0 Å². The summed E-state index contributed by atoms with van der Waals surface area (Å²) in [4.78, 5) is 13.0. The van der Waals surface area contributed by atoms with Gasteiger partial charge in [0.2, 0.25) is 5.88 Å². The Morgan fingerprint density at radius 2 is 1.96 bits per heavy atom. The van der Waals surface area contributed by atoms with Gasteiger partial charge in [-0.25, -0.2) is 14.4 Å². The van der Waals surface area contributed by atoms with Gasteiger partial charge in [-0.1, -0.05) is 12.1 Å². The zero-order chi connectivity index (χ0) is 16.1. The maximum Gasteiger partial charge on any atom is 0.218 e. The third-order valence-electron chi connectivity index (χ3n) is 3.91. The molecule has 0 unspecified atom stereocenters. The van der Waals surface area contributed by atoms with E-state index in [-0.39, 0.29) is 5.82 Å².